The lowest BCUT2D eigenvalue weighted by molar-refractivity contribution is 0.0946. The molecule has 1 fully saturated rings. The van der Waals surface area contributed by atoms with E-state index in [1.54, 1.807) is 36.4 Å². The molecule has 0 saturated carbocycles. The van der Waals surface area contributed by atoms with Crippen LogP contribution in [0, 0.1) is 5.82 Å². The van der Waals surface area contributed by atoms with E-state index in [9.17, 15) is 14.0 Å². The molecular formula is C25H27FN4O3. The van der Waals surface area contributed by atoms with Crippen LogP contribution in [0.25, 0.3) is 5.69 Å². The fourth-order valence-corrected chi connectivity index (χ4v) is 3.81. The molecular weight excluding hydrogens is 423 g/mol. The number of hydrogen-bond acceptors (Lipinski definition) is 5. The number of nitrogens with zero attached hydrogens (tertiary/aromatic N) is 3. The fraction of sp³-hybridized carbons (Fsp3) is 0.320. The molecule has 1 aromatic heterocycles. The Morgan fingerprint density at radius 3 is 2.58 bits per heavy atom. The maximum atomic E-state index is 13.3. The molecule has 2 heterocycles. The van der Waals surface area contributed by atoms with Gasteiger partial charge in [-0.15, -0.1) is 5.10 Å². The summed E-state index contributed by atoms with van der Waals surface area (Å²) in [6.45, 7) is 3.77. The second kappa shape index (κ2) is 10.9. The molecule has 0 bridgehead atoms. The number of benzene rings is 2. The van der Waals surface area contributed by atoms with Crippen molar-refractivity contribution in [3.8, 4) is 11.6 Å². The molecule has 1 aliphatic heterocycles. The normalized spacial score (nSPS) is 14.1. The highest BCUT2D eigenvalue weighted by molar-refractivity contribution is 5.94. The van der Waals surface area contributed by atoms with Gasteiger partial charge in [-0.1, -0.05) is 18.6 Å². The van der Waals surface area contributed by atoms with Gasteiger partial charge in [-0.25, -0.2) is 4.39 Å². The Kier molecular flexibility index (Phi) is 7.47. The Balaban J connectivity index is 1.36. The molecule has 3 aromatic rings. The predicted octanol–water partition coefficient (Wildman–Crippen LogP) is 3.17. The van der Waals surface area contributed by atoms with Crippen LogP contribution in [-0.2, 0) is 6.61 Å². The number of aromatic nitrogens is 2. The van der Waals surface area contributed by atoms with E-state index in [0.717, 1.165) is 19.6 Å². The van der Waals surface area contributed by atoms with Crippen LogP contribution in [-0.4, -0.2) is 46.8 Å². The number of amides is 1. The van der Waals surface area contributed by atoms with Gasteiger partial charge in [0.2, 0.25) is 5.88 Å². The zero-order valence-corrected chi connectivity index (χ0v) is 18.4. The van der Waals surface area contributed by atoms with E-state index in [1.807, 2.05) is 0 Å². The van der Waals surface area contributed by atoms with Crippen LogP contribution in [0.5, 0.6) is 5.88 Å². The lowest BCUT2D eigenvalue weighted by atomic mass is 10.1. The van der Waals surface area contributed by atoms with Gasteiger partial charge in [-0.2, -0.15) is 4.68 Å². The summed E-state index contributed by atoms with van der Waals surface area (Å²) >= 11 is 0. The smallest absolute Gasteiger partial charge is 0.271 e. The Morgan fingerprint density at radius 1 is 1.03 bits per heavy atom. The number of halogens is 1. The largest absolute Gasteiger partial charge is 0.472 e. The van der Waals surface area contributed by atoms with E-state index in [0.29, 0.717) is 23.4 Å². The number of nitrogens with one attached hydrogen (secondary N) is 1. The summed E-state index contributed by atoms with van der Waals surface area (Å²) in [5.74, 6) is -0.255. The van der Waals surface area contributed by atoms with Crippen molar-refractivity contribution in [3.63, 3.8) is 0 Å². The Morgan fingerprint density at radius 2 is 1.82 bits per heavy atom. The summed E-state index contributed by atoms with van der Waals surface area (Å²) in [7, 11) is 0. The molecule has 2 aromatic carbocycles. The summed E-state index contributed by atoms with van der Waals surface area (Å²) in [6.07, 6.45) is 3.73. The molecule has 0 radical (unpaired) electrons. The second-order valence-corrected chi connectivity index (χ2v) is 8.05. The predicted molar refractivity (Wildman–Crippen MR) is 123 cm³/mol. The van der Waals surface area contributed by atoms with Gasteiger partial charge in [0.1, 0.15) is 12.4 Å². The van der Waals surface area contributed by atoms with Crippen molar-refractivity contribution in [2.24, 2.45) is 0 Å². The zero-order chi connectivity index (χ0) is 23.0. The number of rotatable bonds is 8. The van der Waals surface area contributed by atoms with Gasteiger partial charge in [-0.3, -0.25) is 9.59 Å². The molecule has 1 amide bonds. The van der Waals surface area contributed by atoms with Crippen molar-refractivity contribution in [1.29, 1.82) is 0 Å². The van der Waals surface area contributed by atoms with Crippen LogP contribution < -0.4 is 15.6 Å². The number of ether oxygens (including phenoxy) is 1. The molecule has 1 saturated heterocycles. The second-order valence-electron chi connectivity index (χ2n) is 8.05. The minimum Gasteiger partial charge on any atom is -0.472 e. The Labute approximate surface area is 191 Å². The van der Waals surface area contributed by atoms with Crippen molar-refractivity contribution >= 4 is 5.91 Å². The molecule has 4 rings (SSSR count). The maximum Gasteiger partial charge on any atom is 0.271 e. The Bertz CT molecular complexity index is 1140. The summed E-state index contributed by atoms with van der Waals surface area (Å²) < 4.78 is 20.1. The molecule has 33 heavy (non-hydrogen) atoms. The van der Waals surface area contributed by atoms with Gasteiger partial charge in [0.15, 0.2) is 0 Å². The van der Waals surface area contributed by atoms with Crippen molar-refractivity contribution in [2.75, 3.05) is 26.2 Å². The number of carbonyl (C=O) groups excluding carboxylic acids is 1. The third-order valence-corrected chi connectivity index (χ3v) is 5.59. The molecule has 0 atom stereocenters. The molecule has 7 nitrogen and oxygen atoms in total. The third-order valence-electron chi connectivity index (χ3n) is 5.59. The van der Waals surface area contributed by atoms with Gasteiger partial charge >= 0.3 is 0 Å². The molecule has 0 aliphatic carbocycles. The summed E-state index contributed by atoms with van der Waals surface area (Å²) in [5, 5.41) is 7.19. The van der Waals surface area contributed by atoms with Gasteiger partial charge in [0.25, 0.3) is 11.5 Å². The monoisotopic (exact) mass is 450 g/mol. The number of likely N-dealkylation sites (tertiary alicyclic amines) is 1. The molecule has 1 N–H and O–H groups in total. The van der Waals surface area contributed by atoms with Gasteiger partial charge in [0, 0.05) is 30.8 Å². The van der Waals surface area contributed by atoms with Crippen molar-refractivity contribution in [3.05, 3.63) is 88.0 Å². The molecule has 0 spiro atoms. The van der Waals surface area contributed by atoms with E-state index in [2.05, 4.69) is 15.3 Å². The van der Waals surface area contributed by atoms with E-state index < -0.39 is 0 Å². The highest BCUT2D eigenvalue weighted by Gasteiger charge is 2.11. The van der Waals surface area contributed by atoms with E-state index >= 15 is 0 Å². The van der Waals surface area contributed by atoms with Crippen molar-refractivity contribution in [2.45, 2.75) is 25.9 Å². The molecule has 8 heteroatoms. The fourth-order valence-electron chi connectivity index (χ4n) is 3.81. The first-order chi connectivity index (χ1) is 16.1. The van der Waals surface area contributed by atoms with E-state index in [4.69, 9.17) is 4.74 Å². The SMILES string of the molecule is O=C(NCCN1CCCCC1)c1ccc(-n2nc(OCc3cccc(F)c3)ccc2=O)cc1. The first kappa shape index (κ1) is 22.7. The quantitative estimate of drug-likeness (QED) is 0.571. The lowest BCUT2D eigenvalue weighted by Crippen LogP contribution is -2.37. The maximum absolute atomic E-state index is 13.3. The average Bonchev–Trinajstić information content (AvgIpc) is 2.84. The highest BCUT2D eigenvalue weighted by atomic mass is 19.1. The van der Waals surface area contributed by atoms with Crippen LogP contribution in [0.3, 0.4) is 0 Å². The lowest BCUT2D eigenvalue weighted by Gasteiger charge is -2.26. The first-order valence-corrected chi connectivity index (χ1v) is 11.2. The third kappa shape index (κ3) is 6.26. The first-order valence-electron chi connectivity index (χ1n) is 11.2. The van der Waals surface area contributed by atoms with Crippen molar-refractivity contribution in [1.82, 2.24) is 20.0 Å². The van der Waals surface area contributed by atoms with Crippen LogP contribution >= 0.6 is 0 Å². The summed E-state index contributed by atoms with van der Waals surface area (Å²) in [4.78, 5) is 27.1. The minimum absolute atomic E-state index is 0.125. The van der Waals surface area contributed by atoms with Crippen LogP contribution in [0.4, 0.5) is 4.39 Å². The van der Waals surface area contributed by atoms with E-state index in [1.165, 1.54) is 48.2 Å². The number of piperidine rings is 1. The molecule has 172 valence electrons. The molecule has 1 aliphatic rings. The van der Waals surface area contributed by atoms with Gasteiger partial charge < -0.3 is 15.0 Å². The van der Waals surface area contributed by atoms with Gasteiger partial charge in [0.05, 0.1) is 5.69 Å². The van der Waals surface area contributed by atoms with Crippen LogP contribution in [0.15, 0.2) is 65.5 Å². The zero-order valence-electron chi connectivity index (χ0n) is 18.4. The number of carbonyl (C=O) groups is 1. The van der Waals surface area contributed by atoms with Crippen LogP contribution in [0.2, 0.25) is 0 Å². The minimum atomic E-state index is -0.343. The van der Waals surface area contributed by atoms with Crippen molar-refractivity contribution < 1.29 is 13.9 Å². The highest BCUT2D eigenvalue weighted by Crippen LogP contribution is 2.12. The molecule has 0 unspecified atom stereocenters. The van der Waals surface area contributed by atoms with Gasteiger partial charge in [-0.05, 0) is 67.9 Å². The number of hydrogen-bond donors (Lipinski definition) is 1. The van der Waals surface area contributed by atoms with Crippen LogP contribution in [0.1, 0.15) is 35.2 Å². The average molecular weight is 451 g/mol. The Hall–Kier alpha value is -3.52. The standard InChI is InChI=1S/C25H27FN4O3/c26-21-6-4-5-19(17-21)18-33-23-11-12-24(31)30(28-23)22-9-7-20(8-10-22)25(32)27-13-16-29-14-2-1-3-15-29/h4-12,17H,1-3,13-16,18H2,(H,27,32). The van der Waals surface area contributed by atoms with E-state index in [-0.39, 0.29) is 29.8 Å². The topological polar surface area (TPSA) is 76.5 Å². The summed E-state index contributed by atoms with van der Waals surface area (Å²) in [5.41, 5.74) is 1.36. The summed E-state index contributed by atoms with van der Waals surface area (Å²) in [6, 6.07) is 15.6.